The predicted octanol–water partition coefficient (Wildman–Crippen LogP) is -1.33. The molecular formula is C28H64N10O. The van der Waals surface area contributed by atoms with E-state index in [1.165, 1.54) is 44.9 Å². The summed E-state index contributed by atoms with van der Waals surface area (Å²) in [6, 6.07) is 0.220. The van der Waals surface area contributed by atoms with E-state index in [0.29, 0.717) is 12.6 Å². The Balaban J connectivity index is 2.30. The lowest BCUT2D eigenvalue weighted by Gasteiger charge is -2.20. The van der Waals surface area contributed by atoms with Crippen LogP contribution < -0.4 is 53.6 Å². The van der Waals surface area contributed by atoms with Crippen LogP contribution in [-0.2, 0) is 4.79 Å². The van der Waals surface area contributed by atoms with Crippen molar-refractivity contribution in [2.45, 2.75) is 70.4 Å². The van der Waals surface area contributed by atoms with Crippen LogP contribution in [0.25, 0.3) is 0 Å². The molecule has 1 saturated heterocycles. The average molecular weight is 557 g/mol. The SMILES string of the molecule is CCCCCC1CNCCNCCNCCNCCNC(C(N)=O)CNCCCCCCNCCNCCN1. The molecule has 1 rings (SSSR count). The molecule has 0 aliphatic carbocycles. The van der Waals surface area contributed by atoms with Gasteiger partial charge in [-0.1, -0.05) is 39.0 Å². The van der Waals surface area contributed by atoms with Gasteiger partial charge in [0.25, 0.3) is 0 Å². The fraction of sp³-hybridized carbons (Fsp3) is 0.964. The first-order valence-corrected chi connectivity index (χ1v) is 15.9. The van der Waals surface area contributed by atoms with Crippen molar-refractivity contribution >= 4 is 5.91 Å². The Bertz CT molecular complexity index is 529. The van der Waals surface area contributed by atoms with E-state index >= 15 is 0 Å². The van der Waals surface area contributed by atoms with Crippen molar-refractivity contribution in [1.29, 1.82) is 0 Å². The maximum atomic E-state index is 11.7. The number of nitrogens with one attached hydrogen (secondary N) is 9. The van der Waals surface area contributed by atoms with Crippen molar-refractivity contribution in [2.24, 2.45) is 5.73 Å². The van der Waals surface area contributed by atoms with Gasteiger partial charge in [0, 0.05) is 97.7 Å². The van der Waals surface area contributed by atoms with Gasteiger partial charge in [0.2, 0.25) is 5.91 Å². The van der Waals surface area contributed by atoms with E-state index in [-0.39, 0.29) is 11.9 Å². The van der Waals surface area contributed by atoms with Crippen molar-refractivity contribution in [3.05, 3.63) is 0 Å². The molecule has 0 radical (unpaired) electrons. The van der Waals surface area contributed by atoms with Crippen molar-refractivity contribution in [3.63, 3.8) is 0 Å². The normalized spacial score (nSPS) is 25.3. The summed E-state index contributed by atoms with van der Waals surface area (Å²) in [5.41, 5.74) is 5.57. The van der Waals surface area contributed by atoms with Gasteiger partial charge in [-0.15, -0.1) is 0 Å². The molecule has 0 bridgehead atoms. The maximum absolute atomic E-state index is 11.7. The Morgan fingerprint density at radius 1 is 0.564 bits per heavy atom. The summed E-state index contributed by atoms with van der Waals surface area (Å²) in [5, 5.41) is 31.5. The zero-order valence-corrected chi connectivity index (χ0v) is 25.1. The van der Waals surface area contributed by atoms with Crippen LogP contribution in [0.1, 0.15) is 58.3 Å². The smallest absolute Gasteiger partial charge is 0.235 e. The Labute approximate surface area is 239 Å². The first-order valence-electron chi connectivity index (χ1n) is 15.9. The largest absolute Gasteiger partial charge is 0.368 e. The highest BCUT2D eigenvalue weighted by molar-refractivity contribution is 5.80. The Morgan fingerprint density at radius 3 is 1.59 bits per heavy atom. The third-order valence-electron chi connectivity index (χ3n) is 7.04. The lowest BCUT2D eigenvalue weighted by atomic mass is 10.1. The summed E-state index contributed by atoms with van der Waals surface area (Å²) in [5.74, 6) is -0.294. The van der Waals surface area contributed by atoms with Gasteiger partial charge in [0.15, 0.2) is 0 Å². The molecule has 0 aromatic carbocycles. The number of rotatable bonds is 5. The van der Waals surface area contributed by atoms with Crippen molar-refractivity contribution < 1.29 is 4.79 Å². The van der Waals surface area contributed by atoms with Crippen LogP contribution >= 0.6 is 0 Å². The molecule has 2 atom stereocenters. The molecule has 0 aromatic heterocycles. The second-order valence-corrected chi connectivity index (χ2v) is 10.6. The molecule has 1 fully saturated rings. The van der Waals surface area contributed by atoms with Crippen molar-refractivity contribution in [1.82, 2.24) is 47.9 Å². The standard InChI is InChI=1S/C28H64N10O/c1-2-3-6-9-26-24-36-19-18-32-15-14-31-16-17-34-21-23-38-27(28(29)39)25-35-11-8-5-4-7-10-30-12-13-33-20-22-37-26/h26-27,30-38H,2-25H2,1H3,(H2,29,39). The summed E-state index contributed by atoms with van der Waals surface area (Å²) in [6.45, 7) is 17.2. The van der Waals surface area contributed by atoms with Crippen LogP contribution in [0.5, 0.6) is 0 Å². The summed E-state index contributed by atoms with van der Waals surface area (Å²) in [4.78, 5) is 11.7. The molecule has 2 unspecified atom stereocenters. The number of amides is 1. The number of primary amides is 1. The second kappa shape index (κ2) is 28.6. The lowest BCUT2D eigenvalue weighted by Crippen LogP contribution is -2.49. The summed E-state index contributed by atoms with van der Waals surface area (Å²) < 4.78 is 0. The van der Waals surface area contributed by atoms with Gasteiger partial charge in [0.1, 0.15) is 0 Å². The highest BCUT2D eigenvalue weighted by Crippen LogP contribution is 2.02. The molecule has 232 valence electrons. The van der Waals surface area contributed by atoms with Gasteiger partial charge in [-0.05, 0) is 32.4 Å². The van der Waals surface area contributed by atoms with Crippen LogP contribution in [0, 0.1) is 0 Å². The Hall–Kier alpha value is -0.890. The number of nitrogens with two attached hydrogens (primary N) is 1. The predicted molar refractivity (Wildman–Crippen MR) is 165 cm³/mol. The molecule has 39 heavy (non-hydrogen) atoms. The highest BCUT2D eigenvalue weighted by Gasteiger charge is 2.13. The number of hydrogen-bond acceptors (Lipinski definition) is 10. The van der Waals surface area contributed by atoms with Crippen LogP contribution in [0.2, 0.25) is 0 Å². The first kappa shape index (κ1) is 36.1. The fourth-order valence-electron chi connectivity index (χ4n) is 4.60. The lowest BCUT2D eigenvalue weighted by molar-refractivity contribution is -0.119. The van der Waals surface area contributed by atoms with Crippen LogP contribution in [0.3, 0.4) is 0 Å². The summed E-state index contributed by atoms with van der Waals surface area (Å²) >= 11 is 0. The van der Waals surface area contributed by atoms with Gasteiger partial charge >= 0.3 is 0 Å². The van der Waals surface area contributed by atoms with E-state index < -0.39 is 0 Å². The zero-order chi connectivity index (χ0) is 28.1. The minimum absolute atomic E-state index is 0.294. The maximum Gasteiger partial charge on any atom is 0.235 e. The van der Waals surface area contributed by atoms with Gasteiger partial charge < -0.3 is 53.6 Å². The highest BCUT2D eigenvalue weighted by atomic mass is 16.1. The third-order valence-corrected chi connectivity index (χ3v) is 7.04. The summed E-state index contributed by atoms with van der Waals surface area (Å²) in [7, 11) is 0. The number of carbonyl (C=O) groups is 1. The molecule has 11 nitrogen and oxygen atoms in total. The monoisotopic (exact) mass is 557 g/mol. The molecule has 1 amide bonds. The number of unbranched alkanes of at least 4 members (excludes halogenated alkanes) is 2. The van der Waals surface area contributed by atoms with E-state index in [1.54, 1.807) is 0 Å². The molecule has 11 N–H and O–H groups in total. The van der Waals surface area contributed by atoms with Gasteiger partial charge in [0.05, 0.1) is 6.04 Å². The van der Waals surface area contributed by atoms with Crippen LogP contribution in [0.4, 0.5) is 0 Å². The molecule has 1 aliphatic rings. The van der Waals surface area contributed by atoms with Crippen LogP contribution in [-0.4, -0.2) is 123 Å². The molecule has 1 heterocycles. The molecule has 11 heteroatoms. The van der Waals surface area contributed by atoms with E-state index in [9.17, 15) is 4.79 Å². The molecule has 0 aromatic rings. The van der Waals surface area contributed by atoms with Gasteiger partial charge in [-0.3, -0.25) is 4.79 Å². The number of carbonyl (C=O) groups excluding carboxylic acids is 1. The van der Waals surface area contributed by atoms with Crippen molar-refractivity contribution in [2.75, 3.05) is 105 Å². The Morgan fingerprint density at radius 2 is 1.03 bits per heavy atom. The Kier molecular flexibility index (Phi) is 26.5. The zero-order valence-electron chi connectivity index (χ0n) is 25.1. The minimum Gasteiger partial charge on any atom is -0.368 e. The molecule has 0 spiro atoms. The topological polar surface area (TPSA) is 151 Å². The summed E-state index contributed by atoms with van der Waals surface area (Å²) in [6.07, 6.45) is 9.89. The molecular weight excluding hydrogens is 492 g/mol. The second-order valence-electron chi connectivity index (χ2n) is 10.6. The van der Waals surface area contributed by atoms with E-state index in [2.05, 4.69) is 54.8 Å². The van der Waals surface area contributed by atoms with Crippen LogP contribution in [0.15, 0.2) is 0 Å². The third kappa shape index (κ3) is 24.6. The first-order chi connectivity index (χ1) is 19.2. The fourth-order valence-corrected chi connectivity index (χ4v) is 4.60. The minimum atomic E-state index is -0.323. The van der Waals surface area contributed by atoms with Gasteiger partial charge in [-0.25, -0.2) is 0 Å². The van der Waals surface area contributed by atoms with E-state index in [4.69, 9.17) is 5.73 Å². The molecule has 0 saturated carbocycles. The average Bonchev–Trinajstić information content (AvgIpc) is 2.93. The van der Waals surface area contributed by atoms with E-state index in [1.807, 2.05) is 0 Å². The quantitative estimate of drug-likeness (QED) is 0.185. The van der Waals surface area contributed by atoms with Gasteiger partial charge in [-0.2, -0.15) is 0 Å². The number of hydrogen-bond donors (Lipinski definition) is 10. The van der Waals surface area contributed by atoms with Crippen molar-refractivity contribution in [3.8, 4) is 0 Å². The molecule has 1 aliphatic heterocycles. The van der Waals surface area contributed by atoms with E-state index in [0.717, 1.165) is 105 Å².